The van der Waals surface area contributed by atoms with Crippen molar-refractivity contribution in [2.75, 3.05) is 108 Å². The number of carbonyl (C=O) groups excluding carboxylic acids is 6. The highest BCUT2D eigenvalue weighted by Gasteiger charge is 2.43. The molecule has 4 aliphatic heterocycles. The maximum atomic E-state index is 14.4. The Kier molecular flexibility index (Phi) is 27.3. The Morgan fingerprint density at radius 2 is 1.29 bits per heavy atom. The number of aliphatic imine (C=N–C) groups is 1. The molecule has 89 heavy (non-hydrogen) atoms. The maximum absolute atomic E-state index is 14.4. The van der Waals surface area contributed by atoms with Gasteiger partial charge in [-0.05, 0) is 80.5 Å². The molecule has 3 aromatic rings. The van der Waals surface area contributed by atoms with Gasteiger partial charge in [0.25, 0.3) is 11.8 Å². The molecule has 0 aromatic heterocycles. The zero-order valence-electron chi connectivity index (χ0n) is 51.6. The molecule has 0 saturated heterocycles. The number of benzene rings is 3. The van der Waals surface area contributed by atoms with Crippen LogP contribution in [0.15, 0.2) is 101 Å². The molecule has 7 rings (SSSR count). The monoisotopic (exact) mass is 1350 g/mol. The first kappa shape index (κ1) is 69.1. The van der Waals surface area contributed by atoms with Crippen LogP contribution in [0, 0.1) is 5.92 Å². The second-order valence-corrected chi connectivity index (χ2v) is 22.3. The van der Waals surface area contributed by atoms with E-state index in [1.54, 1.807) is 96.4 Å². The second-order valence-electron chi connectivity index (χ2n) is 21.5. The van der Waals surface area contributed by atoms with Gasteiger partial charge in [-0.15, -0.1) is 0 Å². The Hall–Kier alpha value is -7.40. The lowest BCUT2D eigenvalue weighted by atomic mass is 10.0. The number of aliphatic hydroxyl groups excluding tert-OH is 1. The van der Waals surface area contributed by atoms with Gasteiger partial charge in [0.1, 0.15) is 25.0 Å². The van der Waals surface area contributed by atoms with Gasteiger partial charge in [-0.25, -0.2) is 0 Å². The van der Waals surface area contributed by atoms with Crippen LogP contribution in [-0.2, 0) is 49.5 Å². The van der Waals surface area contributed by atoms with Gasteiger partial charge in [0, 0.05) is 55.8 Å². The molecule has 0 bridgehead atoms. The van der Waals surface area contributed by atoms with Gasteiger partial charge in [-0.3, -0.25) is 33.8 Å². The molecular formula is C64H83IN8O16. The Balaban J connectivity index is 0.873. The first-order valence-corrected chi connectivity index (χ1v) is 31.3. The Morgan fingerprint density at radius 1 is 0.697 bits per heavy atom. The van der Waals surface area contributed by atoms with Crippen molar-refractivity contribution in [3.8, 4) is 23.0 Å². The van der Waals surface area contributed by atoms with Crippen LogP contribution < -0.4 is 45.1 Å². The van der Waals surface area contributed by atoms with E-state index in [1.165, 1.54) is 14.2 Å². The molecule has 25 heteroatoms. The fraction of sp³-hybridized carbons (Fsp3) is 0.484. The molecular weight excluding hydrogens is 1260 g/mol. The molecule has 482 valence electrons. The Bertz CT molecular complexity index is 3080. The molecule has 0 aliphatic carbocycles. The summed E-state index contributed by atoms with van der Waals surface area (Å²) in [6.07, 6.45) is 13.4. The lowest BCUT2D eigenvalue weighted by Gasteiger charge is -2.33. The fourth-order valence-electron chi connectivity index (χ4n) is 10.1. The van der Waals surface area contributed by atoms with Crippen molar-refractivity contribution in [1.29, 1.82) is 0 Å². The quantitative estimate of drug-likeness (QED) is 0.0235. The normalized spacial score (nSPS) is 17.5. The summed E-state index contributed by atoms with van der Waals surface area (Å²) in [5.41, 5.74) is 4.66. The molecule has 0 spiro atoms. The number of allylic oxidation sites excluding steroid dienone is 4. The summed E-state index contributed by atoms with van der Waals surface area (Å²) in [6, 6.07) is 10.9. The van der Waals surface area contributed by atoms with E-state index in [0.717, 1.165) is 16.7 Å². The van der Waals surface area contributed by atoms with Crippen molar-refractivity contribution in [2.24, 2.45) is 10.9 Å². The van der Waals surface area contributed by atoms with Gasteiger partial charge in [-0.2, -0.15) is 0 Å². The molecule has 1 unspecified atom stereocenters. The molecule has 5 N–H and O–H groups in total. The summed E-state index contributed by atoms with van der Waals surface area (Å²) >= 11 is 1.99. The van der Waals surface area contributed by atoms with Gasteiger partial charge in [-0.1, -0.05) is 72.9 Å². The van der Waals surface area contributed by atoms with E-state index in [9.17, 15) is 33.9 Å². The van der Waals surface area contributed by atoms with Crippen molar-refractivity contribution in [1.82, 2.24) is 25.8 Å². The maximum Gasteiger partial charge on any atom is 0.260 e. The van der Waals surface area contributed by atoms with E-state index < -0.39 is 36.2 Å². The van der Waals surface area contributed by atoms with Crippen LogP contribution in [0.1, 0.15) is 86.6 Å². The highest BCUT2D eigenvalue weighted by molar-refractivity contribution is 14.1. The summed E-state index contributed by atoms with van der Waals surface area (Å²) in [4.78, 5) is 88.3. The lowest BCUT2D eigenvalue weighted by Crippen LogP contribution is -2.53. The van der Waals surface area contributed by atoms with Crippen molar-refractivity contribution in [3.05, 3.63) is 113 Å². The summed E-state index contributed by atoms with van der Waals surface area (Å²) < 4.78 is 52.5. The molecule has 6 amide bonds. The lowest BCUT2D eigenvalue weighted by molar-refractivity contribution is -0.132. The number of ether oxygens (including phenoxy) is 9. The highest BCUT2D eigenvalue weighted by atomic mass is 127. The summed E-state index contributed by atoms with van der Waals surface area (Å²) in [5, 5.41) is 23.2. The Labute approximate surface area is 533 Å². The minimum atomic E-state index is -1.20. The number of methoxy groups -OCH3 is 2. The Morgan fingerprint density at radius 3 is 1.92 bits per heavy atom. The van der Waals surface area contributed by atoms with E-state index in [2.05, 4.69) is 26.3 Å². The molecule has 5 atom stereocenters. The predicted molar refractivity (Wildman–Crippen MR) is 342 cm³/mol. The summed E-state index contributed by atoms with van der Waals surface area (Å²) in [6.45, 7) is 12.4. The first-order valence-electron chi connectivity index (χ1n) is 29.8. The summed E-state index contributed by atoms with van der Waals surface area (Å²) in [5.74, 6) is -0.753. The zero-order chi connectivity index (χ0) is 63.8. The third-order valence-corrected chi connectivity index (χ3v) is 15.3. The fourth-order valence-corrected chi connectivity index (χ4v) is 10.3. The third kappa shape index (κ3) is 19.5. The number of alkyl halides is 1. The number of rotatable bonds is 36. The number of amides is 6. The molecule has 0 radical (unpaired) electrons. The number of nitrogens with zero attached hydrogens (tertiary/aromatic N) is 4. The molecule has 0 fully saturated rings. The van der Waals surface area contributed by atoms with Crippen LogP contribution in [0.3, 0.4) is 0 Å². The van der Waals surface area contributed by atoms with E-state index >= 15 is 0 Å². The smallest absolute Gasteiger partial charge is 0.260 e. The van der Waals surface area contributed by atoms with E-state index in [0.29, 0.717) is 115 Å². The number of aliphatic hydroxyl groups is 1. The number of anilines is 2. The van der Waals surface area contributed by atoms with Gasteiger partial charge in [0.2, 0.25) is 23.6 Å². The highest BCUT2D eigenvalue weighted by Crippen LogP contribution is 2.43. The van der Waals surface area contributed by atoms with E-state index in [4.69, 9.17) is 42.6 Å². The SMILES string of the molecule is C/C=C/C1=CN2C(=O)c3cc(OC)c(OCCCOc4cc5c(cc4OC)C(=O)N4C=C(/C=C/C)C[C@H]4C=N5)cc3N(COCc3ccc(NC(=O)[C@H](C)NC(=O)[C@@H](NC(=O)CCOCCOCCOCCOCCNC(=O)CI)C(C)C)cc3)[C@@H](O)C2C1. The van der Waals surface area contributed by atoms with Gasteiger partial charge in [0.05, 0.1) is 126 Å². The van der Waals surface area contributed by atoms with Gasteiger partial charge >= 0.3 is 0 Å². The van der Waals surface area contributed by atoms with E-state index in [-0.39, 0.29) is 87.3 Å². The number of carbonyl (C=O) groups is 6. The number of halogens is 1. The van der Waals surface area contributed by atoms with Crippen molar-refractivity contribution in [2.45, 2.75) is 97.3 Å². The van der Waals surface area contributed by atoms with Crippen molar-refractivity contribution in [3.63, 3.8) is 0 Å². The number of hydrogen-bond acceptors (Lipinski definition) is 18. The average molecular weight is 1350 g/mol. The topological polar surface area (TPSA) is 276 Å². The van der Waals surface area contributed by atoms with Crippen LogP contribution in [0.2, 0.25) is 0 Å². The second kappa shape index (κ2) is 35.1. The molecule has 4 aliphatic rings. The summed E-state index contributed by atoms with van der Waals surface area (Å²) in [7, 11) is 3.00. The molecule has 4 heterocycles. The minimum Gasteiger partial charge on any atom is -0.493 e. The van der Waals surface area contributed by atoms with Crippen LogP contribution in [0.5, 0.6) is 23.0 Å². The third-order valence-electron chi connectivity index (χ3n) is 14.6. The van der Waals surface area contributed by atoms with Crippen LogP contribution in [0.4, 0.5) is 17.1 Å². The molecule has 0 saturated carbocycles. The number of nitrogens with one attached hydrogen (secondary N) is 4. The first-order chi connectivity index (χ1) is 43.1. The van der Waals surface area contributed by atoms with E-state index in [1.807, 2.05) is 66.9 Å². The zero-order valence-corrected chi connectivity index (χ0v) is 53.7. The molecule has 24 nitrogen and oxygen atoms in total. The van der Waals surface area contributed by atoms with Gasteiger partial charge < -0.3 is 83.7 Å². The van der Waals surface area contributed by atoms with Gasteiger partial charge in [0.15, 0.2) is 23.0 Å². The van der Waals surface area contributed by atoms with Crippen LogP contribution in [0.25, 0.3) is 0 Å². The van der Waals surface area contributed by atoms with Crippen LogP contribution in [-0.4, -0.2) is 185 Å². The minimum absolute atomic E-state index is 0.0170. The predicted octanol–water partition coefficient (Wildman–Crippen LogP) is 6.52. The van der Waals surface area contributed by atoms with Crippen molar-refractivity contribution >= 4 is 81.3 Å². The standard InChI is InChI=1S/C64H83IN8O16/c1-8-11-44-29-47-36-67-50-33-55(53(81-6)31-48(50)62(78)71(47)37-44)88-19-10-20-89-56-34-51-49(32-54(56)82-7)63(79)72-38-45(12-9-2)30-52(72)64(80)73(51)40-87-39-43-13-15-46(16-14-43)69-60(76)42(5)68-61(77)59(41(3)4)70-57(74)17-21-83-23-25-85-27-28-86-26-24-84-22-18-66-58(75)35-65/h8-9,11-16,31-34,36-38,41-42,47,52,59,64,80H,10,17-30,35,39-40H2,1-7H3,(H,66,75)(H,68,77)(H,69,76)(H,70,74)/b11-8+,12-9+/t42-,47-,52?,59-,64-/m0/s1. The average Bonchev–Trinajstić information content (AvgIpc) is 1.80. The van der Waals surface area contributed by atoms with Crippen LogP contribution >= 0.6 is 22.6 Å². The largest absolute Gasteiger partial charge is 0.493 e. The van der Waals surface area contributed by atoms with Crippen molar-refractivity contribution < 1.29 is 76.5 Å². The number of fused-ring (bicyclic) bond motifs is 4. The molecule has 3 aromatic carbocycles. The number of hydrogen-bond donors (Lipinski definition) is 5.